The van der Waals surface area contributed by atoms with Crippen LogP contribution in [0.1, 0.15) is 52.9 Å². The fourth-order valence-corrected chi connectivity index (χ4v) is 21.3. The Kier molecular flexibility index (Phi) is 4.55. The monoisotopic (exact) mass is 366 g/mol. The van der Waals surface area contributed by atoms with E-state index in [0.717, 1.165) is 29.6 Å². The van der Waals surface area contributed by atoms with Crippen LogP contribution in [0.3, 0.4) is 0 Å². The molecule has 0 radical (unpaired) electrons. The Morgan fingerprint density at radius 3 is 1.46 bits per heavy atom. The molecule has 0 aliphatic heterocycles. The topological polar surface area (TPSA) is 9.23 Å². The van der Waals surface area contributed by atoms with Crippen molar-refractivity contribution < 1.29 is 4.74 Å². The van der Waals surface area contributed by atoms with Gasteiger partial charge in [-0.2, -0.15) is 0 Å². The minimum Gasteiger partial charge on any atom is -0.385 e. The molecular formula is C21H42OSi2. The first-order chi connectivity index (χ1) is 10.8. The van der Waals surface area contributed by atoms with Crippen LogP contribution in [0, 0.1) is 29.6 Å². The van der Waals surface area contributed by atoms with Crippen molar-refractivity contribution in [3.63, 3.8) is 0 Å². The molecule has 1 unspecified atom stereocenters. The van der Waals surface area contributed by atoms with E-state index in [-0.39, 0.29) is 4.85 Å². The van der Waals surface area contributed by atoms with Crippen molar-refractivity contribution in [1.29, 1.82) is 0 Å². The second-order valence-electron chi connectivity index (χ2n) is 12.0. The maximum absolute atomic E-state index is 6.84. The summed E-state index contributed by atoms with van der Waals surface area (Å²) in [6.45, 7) is 20.7. The molecule has 4 fully saturated rings. The first kappa shape index (κ1) is 19.2. The summed E-state index contributed by atoms with van der Waals surface area (Å²) < 4.78 is 6.84. The lowest BCUT2D eigenvalue weighted by molar-refractivity contribution is -0.0992. The van der Waals surface area contributed by atoms with E-state index in [1.54, 1.807) is 6.42 Å². The highest BCUT2D eigenvalue weighted by atomic mass is 28.4. The summed E-state index contributed by atoms with van der Waals surface area (Å²) >= 11 is 0. The molecule has 0 saturated heterocycles. The van der Waals surface area contributed by atoms with Gasteiger partial charge in [0, 0.05) is 7.11 Å². The molecule has 0 amide bonds. The second kappa shape index (κ2) is 5.69. The number of methoxy groups -OCH3 is 1. The van der Waals surface area contributed by atoms with Gasteiger partial charge in [-0.3, -0.25) is 0 Å². The number of ether oxygens (including phenoxy) is 1. The normalized spacial score (nSPS) is 39.1. The Bertz CT molecular complexity index is 457. The largest absolute Gasteiger partial charge is 0.385 e. The van der Waals surface area contributed by atoms with Crippen molar-refractivity contribution in [3.05, 3.63) is 0 Å². The van der Waals surface area contributed by atoms with Crippen molar-refractivity contribution >= 4 is 16.1 Å². The number of hydrogen-bond donors (Lipinski definition) is 0. The molecule has 140 valence electrons. The van der Waals surface area contributed by atoms with Crippen LogP contribution < -0.4 is 0 Å². The Labute approximate surface area is 153 Å². The lowest BCUT2D eigenvalue weighted by Crippen LogP contribution is -2.78. The fraction of sp³-hybridized carbons (Fsp3) is 1.00. The number of hydrogen-bond acceptors (Lipinski definition) is 1. The van der Waals surface area contributed by atoms with E-state index in [4.69, 9.17) is 4.74 Å². The van der Waals surface area contributed by atoms with Crippen LogP contribution in [0.15, 0.2) is 0 Å². The van der Waals surface area contributed by atoms with Gasteiger partial charge in [0.2, 0.25) is 0 Å². The van der Waals surface area contributed by atoms with Gasteiger partial charge in [0.15, 0.2) is 0 Å². The zero-order valence-corrected chi connectivity index (χ0v) is 19.8. The number of rotatable bonds is 4. The van der Waals surface area contributed by atoms with Gasteiger partial charge in [0.1, 0.15) is 0 Å². The summed E-state index contributed by atoms with van der Waals surface area (Å²) in [5, 5.41) is 0.387. The van der Waals surface area contributed by atoms with E-state index in [1.165, 1.54) is 25.7 Å². The van der Waals surface area contributed by atoms with Gasteiger partial charge in [0.25, 0.3) is 0 Å². The first-order valence-corrected chi connectivity index (χ1v) is 16.9. The standard InChI is InChI=1S/C21H42OSi2/c1-20(2,3)24(8,9)21(22-4,23(5,6)7)19-17-11-15-10-16(13-17)14-18(19)12-15/h15-19H,10-14H2,1-9H3. The van der Waals surface area contributed by atoms with Gasteiger partial charge in [-0.05, 0) is 66.7 Å². The highest BCUT2D eigenvalue weighted by Crippen LogP contribution is 2.64. The summed E-state index contributed by atoms with van der Waals surface area (Å²) in [5.74, 6) is 4.88. The molecule has 24 heavy (non-hydrogen) atoms. The van der Waals surface area contributed by atoms with Crippen molar-refractivity contribution in [3.8, 4) is 0 Å². The van der Waals surface area contributed by atoms with Gasteiger partial charge >= 0.3 is 0 Å². The maximum atomic E-state index is 6.84. The minimum absolute atomic E-state index is 0.209. The average Bonchev–Trinajstić information content (AvgIpc) is 2.38. The summed E-state index contributed by atoms with van der Waals surface area (Å²) in [7, 11) is -1.06. The summed E-state index contributed by atoms with van der Waals surface area (Å²) in [6.07, 6.45) is 7.61. The molecule has 4 bridgehead atoms. The lowest BCUT2D eigenvalue weighted by Gasteiger charge is -2.68. The van der Waals surface area contributed by atoms with Gasteiger partial charge in [-0.1, -0.05) is 53.5 Å². The van der Waals surface area contributed by atoms with Gasteiger partial charge in [-0.15, -0.1) is 0 Å². The molecule has 0 heterocycles. The van der Waals surface area contributed by atoms with E-state index in [9.17, 15) is 0 Å². The summed E-state index contributed by atoms with van der Waals surface area (Å²) in [4.78, 5) is 0.209. The molecular weight excluding hydrogens is 324 g/mol. The third-order valence-corrected chi connectivity index (χ3v) is 22.0. The van der Waals surface area contributed by atoms with Gasteiger partial charge in [0.05, 0.1) is 21.0 Å². The fourth-order valence-electron chi connectivity index (χ4n) is 7.70. The SMILES string of the molecule is COC(C1C2CC3CC(C2)CC1C3)([Si](C)(C)C)[Si](C)(C)C(C)(C)C. The molecule has 1 nitrogen and oxygen atoms in total. The third-order valence-electron chi connectivity index (χ3n) is 8.94. The first-order valence-electron chi connectivity index (χ1n) is 10.4. The Morgan fingerprint density at radius 2 is 1.17 bits per heavy atom. The summed E-state index contributed by atoms with van der Waals surface area (Å²) in [6, 6.07) is 0. The third kappa shape index (κ3) is 2.47. The van der Waals surface area contributed by atoms with Crippen LogP contribution in [0.5, 0.6) is 0 Å². The molecule has 0 aromatic carbocycles. The Hall–Kier alpha value is 0.394. The molecule has 4 aliphatic rings. The lowest BCUT2D eigenvalue weighted by atomic mass is 9.52. The van der Waals surface area contributed by atoms with Crippen LogP contribution in [0.2, 0.25) is 37.8 Å². The summed E-state index contributed by atoms with van der Waals surface area (Å²) in [5.41, 5.74) is 0. The van der Waals surface area contributed by atoms with E-state index in [2.05, 4.69) is 60.6 Å². The van der Waals surface area contributed by atoms with Crippen molar-refractivity contribution in [2.24, 2.45) is 29.6 Å². The van der Waals surface area contributed by atoms with Crippen LogP contribution in [-0.2, 0) is 4.74 Å². The van der Waals surface area contributed by atoms with E-state index >= 15 is 0 Å². The van der Waals surface area contributed by atoms with Crippen LogP contribution in [0.25, 0.3) is 0 Å². The zero-order valence-electron chi connectivity index (χ0n) is 17.8. The minimum atomic E-state index is -1.64. The Morgan fingerprint density at radius 1 is 0.750 bits per heavy atom. The van der Waals surface area contributed by atoms with E-state index in [0.29, 0.717) is 5.04 Å². The van der Waals surface area contributed by atoms with Crippen molar-refractivity contribution in [1.82, 2.24) is 0 Å². The molecule has 0 aromatic heterocycles. The molecule has 4 saturated carbocycles. The van der Waals surface area contributed by atoms with Crippen LogP contribution in [-0.4, -0.2) is 28.1 Å². The molecule has 1 atom stereocenters. The predicted octanol–water partition coefficient (Wildman–Crippen LogP) is 6.37. The van der Waals surface area contributed by atoms with Crippen molar-refractivity contribution in [2.75, 3.05) is 7.11 Å². The molecule has 0 spiro atoms. The highest BCUT2D eigenvalue weighted by molar-refractivity contribution is 7.00. The molecule has 4 rings (SSSR count). The van der Waals surface area contributed by atoms with Crippen LogP contribution in [0.4, 0.5) is 0 Å². The average molecular weight is 367 g/mol. The van der Waals surface area contributed by atoms with Crippen LogP contribution >= 0.6 is 0 Å². The molecule has 4 aliphatic carbocycles. The quantitative estimate of drug-likeness (QED) is 0.525. The van der Waals surface area contributed by atoms with E-state index in [1.807, 2.05) is 0 Å². The molecule has 0 aromatic rings. The smallest absolute Gasteiger partial charge is 0.0870 e. The predicted molar refractivity (Wildman–Crippen MR) is 111 cm³/mol. The van der Waals surface area contributed by atoms with Gasteiger partial charge < -0.3 is 4.74 Å². The zero-order chi connectivity index (χ0) is 18.1. The van der Waals surface area contributed by atoms with Gasteiger partial charge in [-0.25, -0.2) is 0 Å². The van der Waals surface area contributed by atoms with Crippen molar-refractivity contribution in [2.45, 2.75) is 95.5 Å². The van der Waals surface area contributed by atoms with E-state index < -0.39 is 16.1 Å². The highest BCUT2D eigenvalue weighted by Gasteiger charge is 2.68. The molecule has 0 N–H and O–H groups in total. The molecule has 3 heteroatoms. The second-order valence-corrected chi connectivity index (χ2v) is 23.3. The maximum Gasteiger partial charge on any atom is 0.0870 e. The Balaban J connectivity index is 2.13.